The molecule has 0 spiro atoms. The molecule has 0 rings (SSSR count). The molecular formula is C4H6F3IO. The maximum atomic E-state index is 11.3. The standard InChI is InChI=1S/C4H6F3IO/c5-4(6,7)2-1-3(8)9/h3,9H,1-2H2. The van der Waals surface area contributed by atoms with Crippen molar-refractivity contribution in [1.29, 1.82) is 0 Å². The summed E-state index contributed by atoms with van der Waals surface area (Å²) in [5, 5.41) is 8.40. The van der Waals surface area contributed by atoms with Gasteiger partial charge in [0.25, 0.3) is 0 Å². The van der Waals surface area contributed by atoms with Crippen molar-refractivity contribution < 1.29 is 18.3 Å². The summed E-state index contributed by atoms with van der Waals surface area (Å²) in [5.74, 6) is 0. The zero-order valence-electron chi connectivity index (χ0n) is 4.45. The van der Waals surface area contributed by atoms with Gasteiger partial charge >= 0.3 is 6.18 Å². The van der Waals surface area contributed by atoms with Gasteiger partial charge in [0.1, 0.15) is 4.11 Å². The third-order valence-electron chi connectivity index (χ3n) is 0.666. The Morgan fingerprint density at radius 2 is 1.89 bits per heavy atom. The van der Waals surface area contributed by atoms with Crippen LogP contribution in [0.2, 0.25) is 0 Å². The first-order valence-electron chi connectivity index (χ1n) is 2.31. The summed E-state index contributed by atoms with van der Waals surface area (Å²) in [6.45, 7) is 0. The average molecular weight is 254 g/mol. The van der Waals surface area contributed by atoms with Crippen LogP contribution in [0, 0.1) is 0 Å². The first-order chi connectivity index (χ1) is 3.92. The molecule has 9 heavy (non-hydrogen) atoms. The molecule has 1 unspecified atom stereocenters. The molecule has 0 saturated carbocycles. The van der Waals surface area contributed by atoms with E-state index in [1.807, 2.05) is 0 Å². The number of aliphatic hydroxyl groups is 1. The topological polar surface area (TPSA) is 20.2 Å². The molecule has 0 saturated heterocycles. The van der Waals surface area contributed by atoms with Crippen LogP contribution in [-0.4, -0.2) is 15.4 Å². The fraction of sp³-hybridized carbons (Fsp3) is 1.00. The molecule has 5 heteroatoms. The second kappa shape index (κ2) is 3.60. The van der Waals surface area contributed by atoms with Gasteiger partial charge in [0, 0.05) is 6.42 Å². The van der Waals surface area contributed by atoms with E-state index in [9.17, 15) is 13.2 Å². The van der Waals surface area contributed by atoms with Gasteiger partial charge in [-0.1, -0.05) is 22.6 Å². The molecule has 0 heterocycles. The minimum atomic E-state index is -4.13. The quantitative estimate of drug-likeness (QED) is 0.590. The van der Waals surface area contributed by atoms with Gasteiger partial charge in [0.15, 0.2) is 0 Å². The Morgan fingerprint density at radius 3 is 2.00 bits per heavy atom. The van der Waals surface area contributed by atoms with Crippen molar-refractivity contribution in [3.8, 4) is 0 Å². The molecule has 0 fully saturated rings. The first kappa shape index (κ1) is 9.48. The molecule has 0 radical (unpaired) electrons. The van der Waals surface area contributed by atoms with E-state index >= 15 is 0 Å². The molecule has 0 aromatic heterocycles. The van der Waals surface area contributed by atoms with E-state index in [1.165, 1.54) is 22.6 Å². The van der Waals surface area contributed by atoms with Gasteiger partial charge in [-0.2, -0.15) is 13.2 Å². The molecular weight excluding hydrogens is 248 g/mol. The molecule has 0 aliphatic heterocycles. The predicted octanol–water partition coefficient (Wildman–Crippen LogP) is 2.08. The number of aliphatic hydroxyl groups excluding tert-OH is 1. The van der Waals surface area contributed by atoms with E-state index < -0.39 is 16.7 Å². The fourth-order valence-electron chi connectivity index (χ4n) is 0.283. The van der Waals surface area contributed by atoms with E-state index in [0.717, 1.165) is 0 Å². The van der Waals surface area contributed by atoms with Crippen molar-refractivity contribution >= 4 is 22.6 Å². The van der Waals surface area contributed by atoms with E-state index in [-0.39, 0.29) is 6.42 Å². The van der Waals surface area contributed by atoms with E-state index in [2.05, 4.69) is 0 Å². The van der Waals surface area contributed by atoms with Gasteiger partial charge < -0.3 is 5.11 Å². The van der Waals surface area contributed by atoms with Crippen LogP contribution < -0.4 is 0 Å². The molecule has 0 aliphatic rings. The van der Waals surface area contributed by atoms with E-state index in [1.54, 1.807) is 0 Å². The highest BCUT2D eigenvalue weighted by atomic mass is 127. The third-order valence-corrected chi connectivity index (χ3v) is 1.29. The van der Waals surface area contributed by atoms with Crippen LogP contribution in [0.3, 0.4) is 0 Å². The van der Waals surface area contributed by atoms with Gasteiger partial charge in [-0.15, -0.1) is 0 Å². The lowest BCUT2D eigenvalue weighted by Crippen LogP contribution is -2.09. The number of hydrogen-bond donors (Lipinski definition) is 1. The lowest BCUT2D eigenvalue weighted by molar-refractivity contribution is -0.137. The van der Waals surface area contributed by atoms with Gasteiger partial charge in [-0.05, 0) is 6.42 Å². The van der Waals surface area contributed by atoms with Crippen LogP contribution in [0.15, 0.2) is 0 Å². The number of hydrogen-bond acceptors (Lipinski definition) is 1. The SMILES string of the molecule is OC(I)CCC(F)(F)F. The Hall–Kier alpha value is 0.480. The van der Waals surface area contributed by atoms with Gasteiger partial charge in [0.05, 0.1) is 0 Å². The van der Waals surface area contributed by atoms with Crippen molar-refractivity contribution in [2.75, 3.05) is 0 Å². The second-order valence-electron chi connectivity index (χ2n) is 1.59. The summed E-state index contributed by atoms with van der Waals surface area (Å²) >= 11 is 1.54. The lowest BCUT2D eigenvalue weighted by atomic mass is 10.3. The smallest absolute Gasteiger partial charge is 0.383 e. The number of alkyl halides is 4. The minimum Gasteiger partial charge on any atom is -0.383 e. The monoisotopic (exact) mass is 254 g/mol. The summed E-state index contributed by atoms with van der Waals surface area (Å²) in [7, 11) is 0. The highest BCUT2D eigenvalue weighted by molar-refractivity contribution is 14.1. The predicted molar refractivity (Wildman–Crippen MR) is 35.3 cm³/mol. The zero-order chi connectivity index (χ0) is 7.49. The van der Waals surface area contributed by atoms with E-state index in [4.69, 9.17) is 5.11 Å². The first-order valence-corrected chi connectivity index (χ1v) is 3.55. The summed E-state index contributed by atoms with van der Waals surface area (Å²) in [6.07, 6.45) is -5.26. The Bertz CT molecular complexity index is 80.4. The largest absolute Gasteiger partial charge is 0.389 e. The van der Waals surface area contributed by atoms with E-state index in [0.29, 0.717) is 0 Å². The van der Waals surface area contributed by atoms with Crippen LogP contribution >= 0.6 is 22.6 Å². The minimum absolute atomic E-state index is 0.218. The number of rotatable bonds is 2. The van der Waals surface area contributed by atoms with Crippen LogP contribution in [0.1, 0.15) is 12.8 Å². The second-order valence-corrected chi connectivity index (χ2v) is 3.03. The highest BCUT2D eigenvalue weighted by Crippen LogP contribution is 2.23. The molecule has 0 bridgehead atoms. The molecule has 0 amide bonds. The molecule has 0 aliphatic carbocycles. The van der Waals surface area contributed by atoms with Crippen LogP contribution in [0.25, 0.3) is 0 Å². The Morgan fingerprint density at radius 1 is 1.44 bits per heavy atom. The normalized spacial score (nSPS) is 15.7. The Labute approximate surface area is 64.4 Å². The van der Waals surface area contributed by atoms with Crippen molar-refractivity contribution in [3.05, 3.63) is 0 Å². The van der Waals surface area contributed by atoms with Crippen molar-refractivity contribution in [1.82, 2.24) is 0 Å². The van der Waals surface area contributed by atoms with Gasteiger partial charge in [-0.3, -0.25) is 0 Å². The Kier molecular flexibility index (Phi) is 3.79. The zero-order valence-corrected chi connectivity index (χ0v) is 6.61. The summed E-state index contributed by atoms with van der Waals surface area (Å²) in [6, 6.07) is 0. The maximum Gasteiger partial charge on any atom is 0.389 e. The average Bonchev–Trinajstić information content (AvgIpc) is 1.59. The van der Waals surface area contributed by atoms with Crippen LogP contribution in [0.4, 0.5) is 13.2 Å². The lowest BCUT2D eigenvalue weighted by Gasteiger charge is -2.05. The number of halogens is 4. The molecule has 1 N–H and O–H groups in total. The van der Waals surface area contributed by atoms with Crippen molar-refractivity contribution in [2.24, 2.45) is 0 Å². The van der Waals surface area contributed by atoms with Crippen molar-refractivity contribution in [3.63, 3.8) is 0 Å². The van der Waals surface area contributed by atoms with Gasteiger partial charge in [0.2, 0.25) is 0 Å². The van der Waals surface area contributed by atoms with Gasteiger partial charge in [-0.25, -0.2) is 0 Å². The summed E-state index contributed by atoms with van der Waals surface area (Å²) in [5.41, 5.74) is 0. The Balaban J connectivity index is 3.28. The summed E-state index contributed by atoms with van der Waals surface area (Å²) in [4.78, 5) is 0. The summed E-state index contributed by atoms with van der Waals surface area (Å²) < 4.78 is 33.0. The van der Waals surface area contributed by atoms with Crippen LogP contribution in [-0.2, 0) is 0 Å². The molecule has 0 aromatic carbocycles. The third kappa shape index (κ3) is 8.48. The van der Waals surface area contributed by atoms with Crippen molar-refractivity contribution in [2.45, 2.75) is 23.1 Å². The molecule has 56 valence electrons. The van der Waals surface area contributed by atoms with Crippen LogP contribution in [0.5, 0.6) is 0 Å². The fourth-order valence-corrected chi connectivity index (χ4v) is 0.594. The molecule has 0 aromatic rings. The molecule has 1 atom stereocenters. The molecule has 1 nitrogen and oxygen atoms in total. The highest BCUT2D eigenvalue weighted by Gasteiger charge is 2.27. The maximum absolute atomic E-state index is 11.3.